The van der Waals surface area contributed by atoms with Crippen LogP contribution < -0.4 is 4.90 Å². The topological polar surface area (TPSA) is 96.3 Å². The fourth-order valence-corrected chi connectivity index (χ4v) is 3.62. The normalized spacial score (nSPS) is 18.7. The SMILES string of the molecule is CC(OC(=O)C1=CN2CCS(=O)(=O)N=C2C=C1)C(=O)N(C)c1ccccc1. The molecule has 0 radical (unpaired) electrons. The number of sulfonamides is 1. The van der Waals surface area contributed by atoms with Crippen molar-refractivity contribution in [2.75, 3.05) is 24.2 Å². The Balaban J connectivity index is 1.66. The number of amidine groups is 1. The van der Waals surface area contributed by atoms with E-state index in [-0.39, 0.29) is 29.6 Å². The maximum absolute atomic E-state index is 12.5. The number of fused-ring (bicyclic) bond motifs is 1. The Kier molecular flexibility index (Phi) is 5.13. The van der Waals surface area contributed by atoms with Crippen molar-refractivity contribution in [3.63, 3.8) is 0 Å². The Bertz CT molecular complexity index is 950. The van der Waals surface area contributed by atoms with Crippen LogP contribution in [-0.4, -0.2) is 56.5 Å². The number of para-hydroxylation sites is 1. The van der Waals surface area contributed by atoms with Crippen LogP contribution in [-0.2, 0) is 24.3 Å². The molecule has 0 bridgehead atoms. The summed E-state index contributed by atoms with van der Waals surface area (Å²) in [7, 11) is -1.85. The second kappa shape index (κ2) is 7.36. The lowest BCUT2D eigenvalue weighted by Gasteiger charge is -2.27. The molecule has 27 heavy (non-hydrogen) atoms. The van der Waals surface area contributed by atoms with Crippen LogP contribution in [0.5, 0.6) is 0 Å². The summed E-state index contributed by atoms with van der Waals surface area (Å²) in [6.07, 6.45) is 3.37. The summed E-state index contributed by atoms with van der Waals surface area (Å²) in [4.78, 5) is 27.8. The second-order valence-electron chi connectivity index (χ2n) is 6.13. The maximum Gasteiger partial charge on any atom is 0.340 e. The Labute approximate surface area is 157 Å². The van der Waals surface area contributed by atoms with Crippen molar-refractivity contribution in [3.05, 3.63) is 54.3 Å². The van der Waals surface area contributed by atoms with E-state index in [9.17, 15) is 18.0 Å². The zero-order valence-corrected chi connectivity index (χ0v) is 15.7. The molecule has 9 heteroatoms. The standard InChI is InChI=1S/C18H19N3O5S/c1-13(17(22)20(2)15-6-4-3-5-7-15)26-18(23)14-8-9-16-19-27(24,25)11-10-21(16)12-14/h3-9,12-13H,10-11H2,1-2H3. The number of esters is 1. The minimum atomic E-state index is -3.46. The van der Waals surface area contributed by atoms with Crippen LogP contribution in [0.3, 0.4) is 0 Å². The highest BCUT2D eigenvalue weighted by atomic mass is 32.2. The minimum absolute atomic E-state index is 0.125. The number of hydrogen-bond donors (Lipinski definition) is 0. The van der Waals surface area contributed by atoms with Crippen LogP contribution in [0, 0.1) is 0 Å². The molecule has 0 aromatic heterocycles. The molecule has 0 aliphatic carbocycles. The molecule has 142 valence electrons. The molecule has 0 saturated carbocycles. The van der Waals surface area contributed by atoms with Gasteiger partial charge in [0.05, 0.1) is 11.3 Å². The molecular formula is C18H19N3O5S. The number of hydrogen-bond acceptors (Lipinski definition) is 6. The van der Waals surface area contributed by atoms with Crippen LogP contribution >= 0.6 is 0 Å². The van der Waals surface area contributed by atoms with Gasteiger partial charge >= 0.3 is 5.97 Å². The van der Waals surface area contributed by atoms with Gasteiger partial charge in [-0.15, -0.1) is 4.40 Å². The van der Waals surface area contributed by atoms with Gasteiger partial charge in [0.15, 0.2) is 6.10 Å². The summed E-state index contributed by atoms with van der Waals surface area (Å²) >= 11 is 0. The van der Waals surface area contributed by atoms with Gasteiger partial charge in [0.1, 0.15) is 5.84 Å². The zero-order chi connectivity index (χ0) is 19.6. The molecular weight excluding hydrogens is 370 g/mol. The predicted molar refractivity (Wildman–Crippen MR) is 101 cm³/mol. The molecule has 2 aliphatic rings. The molecule has 0 spiro atoms. The first-order valence-electron chi connectivity index (χ1n) is 8.29. The van der Waals surface area contributed by atoms with Gasteiger partial charge in [0.2, 0.25) is 0 Å². The van der Waals surface area contributed by atoms with Crippen LogP contribution in [0.2, 0.25) is 0 Å². The van der Waals surface area contributed by atoms with Crippen LogP contribution in [0.25, 0.3) is 0 Å². The summed E-state index contributed by atoms with van der Waals surface area (Å²) in [5.74, 6) is -0.895. The molecule has 1 aromatic carbocycles. The number of anilines is 1. The second-order valence-corrected chi connectivity index (χ2v) is 7.88. The van der Waals surface area contributed by atoms with E-state index in [4.69, 9.17) is 4.74 Å². The van der Waals surface area contributed by atoms with Crippen LogP contribution in [0.15, 0.2) is 58.7 Å². The van der Waals surface area contributed by atoms with Gasteiger partial charge < -0.3 is 14.5 Å². The average molecular weight is 389 g/mol. The molecule has 3 rings (SSSR count). The van der Waals surface area contributed by atoms with E-state index in [2.05, 4.69) is 4.40 Å². The Morgan fingerprint density at radius 2 is 1.93 bits per heavy atom. The summed E-state index contributed by atoms with van der Waals surface area (Å²) < 4.78 is 32.0. The minimum Gasteiger partial charge on any atom is -0.449 e. The first-order valence-corrected chi connectivity index (χ1v) is 9.90. The van der Waals surface area contributed by atoms with Gasteiger partial charge in [-0.25, -0.2) is 13.2 Å². The third kappa shape index (κ3) is 4.25. The van der Waals surface area contributed by atoms with E-state index in [1.807, 2.05) is 18.2 Å². The Morgan fingerprint density at radius 1 is 1.22 bits per heavy atom. The van der Waals surface area contributed by atoms with Crippen molar-refractivity contribution in [2.24, 2.45) is 4.40 Å². The molecule has 1 atom stereocenters. The zero-order valence-electron chi connectivity index (χ0n) is 14.9. The quantitative estimate of drug-likeness (QED) is 0.715. The first kappa shape index (κ1) is 18.8. The van der Waals surface area contributed by atoms with E-state index in [0.717, 1.165) is 0 Å². The molecule has 2 aliphatic heterocycles. The van der Waals surface area contributed by atoms with Crippen LogP contribution in [0.4, 0.5) is 5.69 Å². The van der Waals surface area contributed by atoms with Crippen molar-refractivity contribution in [2.45, 2.75) is 13.0 Å². The molecule has 0 N–H and O–H groups in total. The third-order valence-corrected chi connectivity index (χ3v) is 5.33. The lowest BCUT2D eigenvalue weighted by Crippen LogP contribution is -2.39. The highest BCUT2D eigenvalue weighted by Crippen LogP contribution is 2.18. The number of amides is 1. The first-order chi connectivity index (χ1) is 12.8. The number of carbonyl (C=O) groups is 2. The van der Waals surface area contributed by atoms with Crippen LogP contribution in [0.1, 0.15) is 6.92 Å². The third-order valence-electron chi connectivity index (χ3n) is 4.17. The van der Waals surface area contributed by atoms with Gasteiger partial charge in [0.25, 0.3) is 15.9 Å². The monoisotopic (exact) mass is 389 g/mol. The number of nitrogens with zero attached hydrogens (tertiary/aromatic N) is 3. The highest BCUT2D eigenvalue weighted by molar-refractivity contribution is 7.90. The number of rotatable bonds is 4. The predicted octanol–water partition coefficient (Wildman–Crippen LogP) is 1.08. The number of carbonyl (C=O) groups excluding carboxylic acids is 2. The van der Waals surface area contributed by atoms with Gasteiger partial charge in [-0.3, -0.25) is 4.79 Å². The summed E-state index contributed by atoms with van der Waals surface area (Å²) in [5, 5.41) is 0. The maximum atomic E-state index is 12.5. The van der Waals surface area contributed by atoms with E-state index in [1.54, 1.807) is 24.1 Å². The number of benzene rings is 1. The van der Waals surface area contributed by atoms with E-state index < -0.39 is 22.1 Å². The lowest BCUT2D eigenvalue weighted by atomic mass is 10.2. The van der Waals surface area contributed by atoms with E-state index in [0.29, 0.717) is 5.69 Å². The molecule has 0 saturated heterocycles. The smallest absolute Gasteiger partial charge is 0.340 e. The molecule has 2 heterocycles. The largest absolute Gasteiger partial charge is 0.449 e. The van der Waals surface area contributed by atoms with Gasteiger partial charge in [-0.1, -0.05) is 18.2 Å². The Hall–Kier alpha value is -2.94. The van der Waals surface area contributed by atoms with E-state index >= 15 is 0 Å². The fourth-order valence-electron chi connectivity index (χ4n) is 2.65. The number of ether oxygens (including phenoxy) is 1. The molecule has 0 fully saturated rings. The molecule has 1 amide bonds. The fraction of sp³-hybridized carbons (Fsp3) is 0.278. The van der Waals surface area contributed by atoms with Gasteiger partial charge in [-0.2, -0.15) is 0 Å². The van der Waals surface area contributed by atoms with Crippen molar-refractivity contribution in [3.8, 4) is 0 Å². The molecule has 1 unspecified atom stereocenters. The lowest BCUT2D eigenvalue weighted by molar-refractivity contribution is -0.149. The summed E-state index contributed by atoms with van der Waals surface area (Å²) in [6, 6.07) is 9.03. The molecule has 1 aromatic rings. The Morgan fingerprint density at radius 3 is 2.63 bits per heavy atom. The van der Waals surface area contributed by atoms with Crippen molar-refractivity contribution in [1.82, 2.24) is 4.90 Å². The van der Waals surface area contributed by atoms with Gasteiger partial charge in [0, 0.05) is 25.5 Å². The van der Waals surface area contributed by atoms with Crippen molar-refractivity contribution in [1.29, 1.82) is 0 Å². The summed E-state index contributed by atoms with van der Waals surface area (Å²) in [5.41, 5.74) is 0.910. The summed E-state index contributed by atoms with van der Waals surface area (Å²) in [6.45, 7) is 1.71. The number of likely N-dealkylation sites (N-methyl/N-ethyl adjacent to an activating group) is 1. The van der Waals surface area contributed by atoms with Crippen molar-refractivity contribution < 1.29 is 22.7 Å². The average Bonchev–Trinajstić information content (AvgIpc) is 2.66. The van der Waals surface area contributed by atoms with Gasteiger partial charge in [-0.05, 0) is 31.2 Å². The van der Waals surface area contributed by atoms with E-state index in [1.165, 1.54) is 30.2 Å². The van der Waals surface area contributed by atoms with Crippen molar-refractivity contribution >= 4 is 33.4 Å². The highest BCUT2D eigenvalue weighted by Gasteiger charge is 2.27. The molecule has 8 nitrogen and oxygen atoms in total.